The van der Waals surface area contributed by atoms with Gasteiger partial charge in [-0.15, -0.1) is 11.8 Å². The van der Waals surface area contributed by atoms with Crippen molar-refractivity contribution >= 4 is 23.6 Å². The van der Waals surface area contributed by atoms with Crippen molar-refractivity contribution in [3.63, 3.8) is 0 Å². The third-order valence-electron chi connectivity index (χ3n) is 6.50. The summed E-state index contributed by atoms with van der Waals surface area (Å²) in [7, 11) is 0. The third kappa shape index (κ3) is 6.09. The molecule has 2 heterocycles. The molecule has 3 N–H and O–H groups in total. The first kappa shape index (κ1) is 24.5. The van der Waals surface area contributed by atoms with Crippen LogP contribution in [0.5, 0.6) is 0 Å². The Morgan fingerprint density at radius 2 is 1.74 bits per heavy atom. The van der Waals surface area contributed by atoms with Crippen LogP contribution < -0.4 is 5.32 Å². The Morgan fingerprint density at radius 1 is 1.03 bits per heavy atom. The number of allylic oxidation sites excluding steroid dienone is 1. The molecule has 1 saturated heterocycles. The van der Waals surface area contributed by atoms with E-state index in [0.717, 1.165) is 37.7 Å². The number of hydrogen-bond acceptors (Lipinski definition) is 5. The predicted octanol–water partition coefficient (Wildman–Crippen LogP) is 3.21. The zero-order valence-corrected chi connectivity index (χ0v) is 20.0. The highest BCUT2D eigenvalue weighted by Crippen LogP contribution is 2.34. The summed E-state index contributed by atoms with van der Waals surface area (Å²) in [5, 5.41) is 26.1. The Kier molecular flexibility index (Phi) is 8.43. The van der Waals surface area contributed by atoms with Crippen molar-refractivity contribution in [2.45, 2.75) is 55.6 Å². The highest BCUT2D eigenvalue weighted by Gasteiger charge is 2.38. The lowest BCUT2D eigenvalue weighted by atomic mass is 10.0. The first-order chi connectivity index (χ1) is 16.5. The number of aliphatic hydroxyl groups is 2. The second kappa shape index (κ2) is 11.7. The highest BCUT2D eigenvalue weighted by molar-refractivity contribution is 8.03. The van der Waals surface area contributed by atoms with Crippen LogP contribution in [0.2, 0.25) is 0 Å². The summed E-state index contributed by atoms with van der Waals surface area (Å²) in [4.78, 5) is 26.9. The SMILES string of the molecule is O=C(NCCC1CC(Cc2ccccc2)=CS1)[C@H](O)[C@@H](O)C(=O)N1CCCC1c1ccccc1. The van der Waals surface area contributed by atoms with Crippen molar-refractivity contribution in [3.8, 4) is 0 Å². The van der Waals surface area contributed by atoms with Crippen LogP contribution in [0, 0.1) is 0 Å². The van der Waals surface area contributed by atoms with Crippen molar-refractivity contribution in [1.29, 1.82) is 0 Å². The minimum atomic E-state index is -1.78. The van der Waals surface area contributed by atoms with Crippen LogP contribution in [0.15, 0.2) is 71.6 Å². The third-order valence-corrected chi connectivity index (χ3v) is 7.75. The number of hydrogen-bond donors (Lipinski definition) is 3. The summed E-state index contributed by atoms with van der Waals surface area (Å²) < 4.78 is 0. The number of carbonyl (C=O) groups is 2. The van der Waals surface area contributed by atoms with Crippen molar-refractivity contribution in [1.82, 2.24) is 10.2 Å². The lowest BCUT2D eigenvalue weighted by Gasteiger charge is -2.28. The largest absolute Gasteiger partial charge is 0.380 e. The molecule has 2 amide bonds. The maximum absolute atomic E-state index is 12.9. The predicted molar refractivity (Wildman–Crippen MR) is 134 cm³/mol. The summed E-state index contributed by atoms with van der Waals surface area (Å²) in [5.74, 6) is -1.31. The molecule has 6 nitrogen and oxygen atoms in total. The molecule has 180 valence electrons. The molecule has 0 aromatic heterocycles. The van der Waals surface area contributed by atoms with Crippen molar-refractivity contribution in [3.05, 3.63) is 82.8 Å². The van der Waals surface area contributed by atoms with Crippen molar-refractivity contribution < 1.29 is 19.8 Å². The molecule has 0 saturated carbocycles. The number of likely N-dealkylation sites (tertiary alicyclic amines) is 1. The van der Waals surface area contributed by atoms with E-state index >= 15 is 0 Å². The van der Waals surface area contributed by atoms with Gasteiger partial charge in [-0.25, -0.2) is 0 Å². The maximum atomic E-state index is 12.9. The summed E-state index contributed by atoms with van der Waals surface area (Å²) >= 11 is 1.77. The highest BCUT2D eigenvalue weighted by atomic mass is 32.2. The average Bonchev–Trinajstić information content (AvgIpc) is 3.53. The van der Waals surface area contributed by atoms with Crippen LogP contribution in [0.1, 0.15) is 42.9 Å². The van der Waals surface area contributed by atoms with E-state index in [-0.39, 0.29) is 6.04 Å². The summed E-state index contributed by atoms with van der Waals surface area (Å²) in [6, 6.07) is 19.8. The molecule has 2 unspecified atom stereocenters. The van der Waals surface area contributed by atoms with Gasteiger partial charge in [0.05, 0.1) is 6.04 Å². The van der Waals surface area contributed by atoms with Gasteiger partial charge in [-0.3, -0.25) is 9.59 Å². The number of aliphatic hydroxyl groups excluding tert-OH is 2. The van der Waals surface area contributed by atoms with E-state index < -0.39 is 24.0 Å². The van der Waals surface area contributed by atoms with Crippen molar-refractivity contribution in [2.75, 3.05) is 13.1 Å². The van der Waals surface area contributed by atoms with E-state index in [4.69, 9.17) is 0 Å². The molecule has 2 aliphatic heterocycles. The molecular weight excluding hydrogens is 448 g/mol. The van der Waals surface area contributed by atoms with Crippen LogP contribution in [0.25, 0.3) is 0 Å². The first-order valence-electron chi connectivity index (χ1n) is 11.9. The zero-order valence-electron chi connectivity index (χ0n) is 19.2. The van der Waals surface area contributed by atoms with Crippen molar-refractivity contribution in [2.24, 2.45) is 0 Å². The van der Waals surface area contributed by atoms with E-state index in [1.165, 1.54) is 11.1 Å². The van der Waals surface area contributed by atoms with Gasteiger partial charge in [0.25, 0.3) is 11.8 Å². The fourth-order valence-corrected chi connectivity index (χ4v) is 5.81. The molecule has 2 aromatic rings. The Labute approximate surface area is 205 Å². The number of amides is 2. The van der Waals surface area contributed by atoms with Gasteiger partial charge in [0.15, 0.2) is 12.2 Å². The summed E-state index contributed by atoms with van der Waals surface area (Å²) in [5.41, 5.74) is 3.67. The van der Waals surface area contributed by atoms with Gasteiger partial charge in [-0.2, -0.15) is 0 Å². The van der Waals surface area contributed by atoms with Gasteiger partial charge < -0.3 is 20.4 Å². The Bertz CT molecular complexity index is 998. The minimum Gasteiger partial charge on any atom is -0.380 e. The number of carbonyl (C=O) groups excluding carboxylic acids is 2. The normalized spacial score (nSPS) is 21.7. The maximum Gasteiger partial charge on any atom is 0.255 e. The lowest BCUT2D eigenvalue weighted by molar-refractivity contribution is -0.153. The lowest BCUT2D eigenvalue weighted by Crippen LogP contribution is -2.50. The Hall–Kier alpha value is -2.61. The molecule has 7 heteroatoms. The quantitative estimate of drug-likeness (QED) is 0.513. The second-order valence-corrected chi connectivity index (χ2v) is 10.1. The Balaban J connectivity index is 1.21. The van der Waals surface area contributed by atoms with Gasteiger partial charge in [-0.05, 0) is 48.6 Å². The molecule has 1 fully saturated rings. The molecule has 2 aliphatic rings. The molecule has 4 rings (SSSR count). The van der Waals surface area contributed by atoms with Gasteiger partial charge in [0.1, 0.15) is 0 Å². The molecule has 34 heavy (non-hydrogen) atoms. The molecular formula is C27H32N2O4S. The number of benzene rings is 2. The Morgan fingerprint density at radius 3 is 2.47 bits per heavy atom. The molecule has 4 atom stereocenters. The first-order valence-corrected chi connectivity index (χ1v) is 12.8. The van der Waals surface area contributed by atoms with E-state index in [1.807, 2.05) is 48.5 Å². The smallest absolute Gasteiger partial charge is 0.255 e. The van der Waals surface area contributed by atoms with Gasteiger partial charge >= 0.3 is 0 Å². The van der Waals surface area contributed by atoms with Crippen LogP contribution in [0.4, 0.5) is 0 Å². The molecule has 2 aromatic carbocycles. The zero-order chi connectivity index (χ0) is 23.9. The molecule has 0 radical (unpaired) electrons. The van der Waals surface area contributed by atoms with E-state index in [1.54, 1.807) is 16.7 Å². The van der Waals surface area contributed by atoms with Crippen LogP contribution in [0.3, 0.4) is 0 Å². The number of nitrogens with zero attached hydrogens (tertiary/aromatic N) is 1. The fourth-order valence-electron chi connectivity index (χ4n) is 4.68. The molecule has 0 bridgehead atoms. The van der Waals surface area contributed by atoms with Gasteiger partial charge in [0, 0.05) is 18.3 Å². The van der Waals surface area contributed by atoms with E-state index in [0.29, 0.717) is 18.3 Å². The van der Waals surface area contributed by atoms with Gasteiger partial charge in [-0.1, -0.05) is 66.2 Å². The molecule has 0 aliphatic carbocycles. The van der Waals surface area contributed by atoms with E-state index in [9.17, 15) is 19.8 Å². The summed E-state index contributed by atoms with van der Waals surface area (Å²) in [6.07, 6.45) is 0.712. The molecule has 0 spiro atoms. The van der Waals surface area contributed by atoms with E-state index in [2.05, 4.69) is 22.9 Å². The fraction of sp³-hybridized carbons (Fsp3) is 0.407. The minimum absolute atomic E-state index is 0.143. The van der Waals surface area contributed by atoms with Crippen LogP contribution in [-0.2, 0) is 16.0 Å². The standard InChI is InChI=1S/C27H32N2O4S/c30-24(25(31)27(33)29-15-7-12-23(29)21-10-5-2-6-11-21)26(32)28-14-13-22-17-20(18-34-22)16-19-8-3-1-4-9-19/h1-6,8-11,18,22-25,30-31H,7,12-17H2,(H,28,32)/t22?,23?,24-,25-/m1/s1. The number of nitrogens with one attached hydrogen (secondary N) is 1. The number of rotatable bonds is 9. The van der Waals surface area contributed by atoms with Crippen LogP contribution in [-0.4, -0.2) is 57.5 Å². The average molecular weight is 481 g/mol. The van der Waals surface area contributed by atoms with Crippen LogP contribution >= 0.6 is 11.8 Å². The monoisotopic (exact) mass is 480 g/mol. The summed E-state index contributed by atoms with van der Waals surface area (Å²) in [6.45, 7) is 0.887. The van der Waals surface area contributed by atoms with Gasteiger partial charge in [0.2, 0.25) is 0 Å². The number of thioether (sulfide) groups is 1. The topological polar surface area (TPSA) is 89.9 Å². The second-order valence-electron chi connectivity index (χ2n) is 8.97.